The first-order valence-corrected chi connectivity index (χ1v) is 6.23. The van der Waals surface area contributed by atoms with Gasteiger partial charge in [-0.3, -0.25) is 0 Å². The lowest BCUT2D eigenvalue weighted by molar-refractivity contribution is 0.0685. The van der Waals surface area contributed by atoms with Gasteiger partial charge in [0.15, 0.2) is 11.4 Å². The molecule has 5 heteroatoms. The predicted octanol–water partition coefficient (Wildman–Crippen LogP) is 2.76. The zero-order valence-corrected chi connectivity index (χ0v) is 11.1. The summed E-state index contributed by atoms with van der Waals surface area (Å²) in [7, 11) is 0. The Balaban J connectivity index is 2.09. The van der Waals surface area contributed by atoms with E-state index in [0.717, 1.165) is 11.3 Å². The normalized spacial score (nSPS) is 10.1. The van der Waals surface area contributed by atoms with Crippen LogP contribution in [0.25, 0.3) is 0 Å². The van der Waals surface area contributed by atoms with E-state index in [0.29, 0.717) is 6.61 Å². The second-order valence-corrected chi connectivity index (χ2v) is 4.02. The van der Waals surface area contributed by atoms with Crippen LogP contribution >= 0.6 is 0 Å². The molecule has 1 heterocycles. The van der Waals surface area contributed by atoms with Crippen LogP contribution in [-0.4, -0.2) is 22.7 Å². The number of pyridine rings is 1. The van der Waals surface area contributed by atoms with Crippen LogP contribution in [0.3, 0.4) is 0 Å². The van der Waals surface area contributed by atoms with E-state index in [1.54, 1.807) is 12.1 Å². The maximum Gasteiger partial charge on any atom is 0.358 e. The molecule has 104 valence electrons. The van der Waals surface area contributed by atoms with Crippen molar-refractivity contribution in [2.75, 3.05) is 6.61 Å². The summed E-state index contributed by atoms with van der Waals surface area (Å²) in [5.41, 5.74) is 0.810. The highest BCUT2D eigenvalue weighted by molar-refractivity contribution is 5.88. The van der Waals surface area contributed by atoms with Gasteiger partial charge in [0, 0.05) is 6.20 Å². The minimum absolute atomic E-state index is 0.0894. The monoisotopic (exact) mass is 273 g/mol. The fraction of sp³-hybridized carbons (Fsp3) is 0.200. The van der Waals surface area contributed by atoms with E-state index in [4.69, 9.17) is 14.6 Å². The fourth-order valence-corrected chi connectivity index (χ4v) is 1.72. The first-order chi connectivity index (χ1) is 9.70. The van der Waals surface area contributed by atoms with Gasteiger partial charge in [0.1, 0.15) is 12.4 Å². The van der Waals surface area contributed by atoms with Crippen molar-refractivity contribution in [2.24, 2.45) is 0 Å². The molecule has 20 heavy (non-hydrogen) atoms. The summed E-state index contributed by atoms with van der Waals surface area (Å²) in [5.74, 6) is -0.0938. The number of hydrogen-bond donors (Lipinski definition) is 1. The molecule has 0 spiro atoms. The van der Waals surface area contributed by atoms with E-state index in [1.165, 1.54) is 6.20 Å². The second-order valence-electron chi connectivity index (χ2n) is 4.02. The summed E-state index contributed by atoms with van der Waals surface area (Å²) in [6.07, 6.45) is 1.42. The Hall–Kier alpha value is -2.56. The molecule has 2 rings (SSSR count). The highest BCUT2D eigenvalue weighted by Gasteiger charge is 2.12. The Morgan fingerprint density at radius 3 is 2.85 bits per heavy atom. The fourth-order valence-electron chi connectivity index (χ4n) is 1.72. The molecule has 1 aromatic heterocycles. The van der Waals surface area contributed by atoms with Crippen molar-refractivity contribution < 1.29 is 19.4 Å². The maximum absolute atomic E-state index is 11.0. The molecule has 0 saturated heterocycles. The van der Waals surface area contributed by atoms with Crippen LogP contribution in [0, 0.1) is 0 Å². The number of hydrogen-bond acceptors (Lipinski definition) is 4. The quantitative estimate of drug-likeness (QED) is 0.876. The van der Waals surface area contributed by atoms with Crippen LogP contribution in [0.2, 0.25) is 0 Å². The molecular formula is C15H15NO4. The van der Waals surface area contributed by atoms with E-state index >= 15 is 0 Å². The molecule has 0 bridgehead atoms. The van der Waals surface area contributed by atoms with Crippen molar-refractivity contribution >= 4 is 5.97 Å². The van der Waals surface area contributed by atoms with Crippen LogP contribution < -0.4 is 9.47 Å². The Morgan fingerprint density at radius 1 is 1.25 bits per heavy atom. The summed E-state index contributed by atoms with van der Waals surface area (Å²) in [5, 5.41) is 9.01. The number of benzene rings is 1. The molecule has 0 atom stereocenters. The highest BCUT2D eigenvalue weighted by Crippen LogP contribution is 2.19. The number of nitrogens with zero attached hydrogens (tertiary/aromatic N) is 1. The molecule has 2 aromatic rings. The molecule has 1 N–H and O–H groups in total. The van der Waals surface area contributed by atoms with Gasteiger partial charge in [0.2, 0.25) is 0 Å². The number of carbonyl (C=O) groups is 1. The van der Waals surface area contributed by atoms with Gasteiger partial charge < -0.3 is 14.6 Å². The third kappa shape index (κ3) is 3.47. The summed E-state index contributed by atoms with van der Waals surface area (Å²) in [6, 6.07) is 10.7. The standard InChI is InChI=1S/C15H15NO4/c1-2-19-12-6-3-5-11(9-12)10-20-13-7-4-8-16-14(13)15(17)18/h3-9H,2,10H2,1H3,(H,17,18). The maximum atomic E-state index is 11.0. The minimum atomic E-state index is -1.11. The summed E-state index contributed by atoms with van der Waals surface area (Å²) in [6.45, 7) is 2.76. The van der Waals surface area contributed by atoms with Crippen molar-refractivity contribution in [3.63, 3.8) is 0 Å². The highest BCUT2D eigenvalue weighted by atomic mass is 16.5. The van der Waals surface area contributed by atoms with E-state index in [9.17, 15) is 4.79 Å². The van der Waals surface area contributed by atoms with Crippen molar-refractivity contribution in [1.29, 1.82) is 0 Å². The zero-order chi connectivity index (χ0) is 14.4. The van der Waals surface area contributed by atoms with E-state index < -0.39 is 5.97 Å². The number of aromatic carboxylic acids is 1. The molecule has 0 aliphatic heterocycles. The number of ether oxygens (including phenoxy) is 2. The topological polar surface area (TPSA) is 68.7 Å². The number of rotatable bonds is 6. The van der Waals surface area contributed by atoms with Crippen molar-refractivity contribution in [2.45, 2.75) is 13.5 Å². The lowest BCUT2D eigenvalue weighted by atomic mass is 10.2. The molecule has 5 nitrogen and oxygen atoms in total. The Morgan fingerprint density at radius 2 is 2.10 bits per heavy atom. The van der Waals surface area contributed by atoms with Crippen LogP contribution in [-0.2, 0) is 6.61 Å². The largest absolute Gasteiger partial charge is 0.494 e. The Kier molecular flexibility index (Phi) is 4.55. The summed E-state index contributed by atoms with van der Waals surface area (Å²) < 4.78 is 10.9. The van der Waals surface area contributed by atoms with Gasteiger partial charge in [-0.25, -0.2) is 9.78 Å². The predicted molar refractivity (Wildman–Crippen MR) is 73.1 cm³/mol. The van der Waals surface area contributed by atoms with E-state index in [1.807, 2.05) is 31.2 Å². The molecular weight excluding hydrogens is 258 g/mol. The molecule has 0 fully saturated rings. The average molecular weight is 273 g/mol. The second kappa shape index (κ2) is 6.56. The molecule has 0 unspecified atom stereocenters. The molecule has 0 aliphatic carbocycles. The van der Waals surface area contributed by atoms with Gasteiger partial charge in [0.25, 0.3) is 0 Å². The molecule has 1 aromatic carbocycles. The van der Waals surface area contributed by atoms with Crippen molar-refractivity contribution in [3.8, 4) is 11.5 Å². The van der Waals surface area contributed by atoms with Crippen molar-refractivity contribution in [1.82, 2.24) is 4.98 Å². The van der Waals surface area contributed by atoms with E-state index in [2.05, 4.69) is 4.98 Å². The Bertz CT molecular complexity index is 598. The lowest BCUT2D eigenvalue weighted by Gasteiger charge is -2.09. The number of carboxylic acid groups (broad SMARTS) is 1. The third-order valence-corrected chi connectivity index (χ3v) is 2.58. The van der Waals surface area contributed by atoms with Gasteiger partial charge in [-0.05, 0) is 36.8 Å². The van der Waals surface area contributed by atoms with Gasteiger partial charge in [-0.1, -0.05) is 12.1 Å². The SMILES string of the molecule is CCOc1cccc(COc2cccnc2C(=O)O)c1. The van der Waals surface area contributed by atoms with E-state index in [-0.39, 0.29) is 18.1 Å². The minimum Gasteiger partial charge on any atom is -0.494 e. The van der Waals surface area contributed by atoms with Gasteiger partial charge in [-0.15, -0.1) is 0 Å². The summed E-state index contributed by atoms with van der Waals surface area (Å²) in [4.78, 5) is 14.8. The number of carboxylic acids is 1. The summed E-state index contributed by atoms with van der Waals surface area (Å²) >= 11 is 0. The first kappa shape index (κ1) is 13.9. The van der Waals surface area contributed by atoms with Gasteiger partial charge >= 0.3 is 5.97 Å². The first-order valence-electron chi connectivity index (χ1n) is 6.23. The van der Waals surface area contributed by atoms with Gasteiger partial charge in [-0.2, -0.15) is 0 Å². The third-order valence-electron chi connectivity index (χ3n) is 2.58. The lowest BCUT2D eigenvalue weighted by Crippen LogP contribution is -2.05. The molecule has 0 amide bonds. The average Bonchev–Trinajstić information content (AvgIpc) is 2.46. The van der Waals surface area contributed by atoms with Crippen LogP contribution in [0.1, 0.15) is 23.0 Å². The smallest absolute Gasteiger partial charge is 0.358 e. The van der Waals surface area contributed by atoms with Crippen LogP contribution in [0.4, 0.5) is 0 Å². The number of aromatic nitrogens is 1. The van der Waals surface area contributed by atoms with Crippen molar-refractivity contribution in [3.05, 3.63) is 53.9 Å². The molecule has 0 saturated carbocycles. The van der Waals surface area contributed by atoms with Gasteiger partial charge in [0.05, 0.1) is 6.61 Å². The molecule has 0 aliphatic rings. The molecule has 0 radical (unpaired) electrons. The zero-order valence-electron chi connectivity index (χ0n) is 11.1. The Labute approximate surface area is 116 Å². The van der Waals surface area contributed by atoms with Crippen LogP contribution in [0.15, 0.2) is 42.6 Å². The van der Waals surface area contributed by atoms with Crippen LogP contribution in [0.5, 0.6) is 11.5 Å².